The summed E-state index contributed by atoms with van der Waals surface area (Å²) in [5.41, 5.74) is 5.90. The zero-order valence-corrected chi connectivity index (χ0v) is 12.5. The molecular weight excluding hydrogens is 282 g/mol. The van der Waals surface area contributed by atoms with Gasteiger partial charge in [-0.1, -0.05) is 0 Å². The molecule has 1 unspecified atom stereocenters. The molecule has 0 aromatic carbocycles. The van der Waals surface area contributed by atoms with Crippen molar-refractivity contribution < 1.29 is 14.3 Å². The van der Waals surface area contributed by atoms with Crippen molar-refractivity contribution >= 4 is 24.2 Å². The van der Waals surface area contributed by atoms with Gasteiger partial charge in [-0.2, -0.15) is 0 Å². The molecule has 1 saturated carbocycles. The molecule has 1 atom stereocenters. The monoisotopic (exact) mass is 305 g/mol. The lowest BCUT2D eigenvalue weighted by Crippen LogP contribution is -2.42. The second-order valence-electron chi connectivity index (χ2n) is 5.30. The van der Waals surface area contributed by atoms with Gasteiger partial charge in [-0.15, -0.1) is 12.4 Å². The Kier molecular flexibility index (Phi) is 7.26. The van der Waals surface area contributed by atoms with Gasteiger partial charge in [-0.25, -0.2) is 0 Å². The van der Waals surface area contributed by atoms with Crippen molar-refractivity contribution in [1.29, 1.82) is 0 Å². The minimum Gasteiger partial charge on any atom is -0.378 e. The molecule has 2 amide bonds. The van der Waals surface area contributed by atoms with Gasteiger partial charge in [0, 0.05) is 38.5 Å². The van der Waals surface area contributed by atoms with E-state index in [0.717, 1.165) is 0 Å². The van der Waals surface area contributed by atoms with E-state index in [1.165, 1.54) is 12.8 Å². The van der Waals surface area contributed by atoms with Crippen LogP contribution in [0.25, 0.3) is 0 Å². The number of rotatable bonds is 6. The maximum Gasteiger partial charge on any atom is 0.223 e. The molecule has 1 aliphatic heterocycles. The molecule has 20 heavy (non-hydrogen) atoms. The minimum absolute atomic E-state index is 0. The van der Waals surface area contributed by atoms with Crippen LogP contribution in [0.3, 0.4) is 0 Å². The standard InChI is InChI=1S/C13H23N3O3.ClH/c14-11(10-1-2-10)9-15-12(17)3-4-13(18)16-5-7-19-8-6-16;/h10-11H,1-9,14H2,(H,15,17);1H. The molecule has 7 heteroatoms. The molecule has 2 fully saturated rings. The van der Waals surface area contributed by atoms with E-state index in [1.54, 1.807) is 4.90 Å². The molecule has 2 aliphatic rings. The van der Waals surface area contributed by atoms with Crippen molar-refractivity contribution in [2.45, 2.75) is 31.7 Å². The van der Waals surface area contributed by atoms with E-state index in [4.69, 9.17) is 10.5 Å². The molecule has 6 nitrogen and oxygen atoms in total. The topological polar surface area (TPSA) is 84.7 Å². The summed E-state index contributed by atoms with van der Waals surface area (Å²) in [5.74, 6) is 0.526. The molecule has 1 heterocycles. The highest BCUT2D eigenvalue weighted by Gasteiger charge is 2.28. The van der Waals surface area contributed by atoms with E-state index in [-0.39, 0.29) is 43.1 Å². The van der Waals surface area contributed by atoms with Crippen LogP contribution in [0.4, 0.5) is 0 Å². The van der Waals surface area contributed by atoms with Crippen molar-refractivity contribution in [3.05, 3.63) is 0 Å². The largest absolute Gasteiger partial charge is 0.378 e. The van der Waals surface area contributed by atoms with E-state index in [0.29, 0.717) is 38.8 Å². The molecular formula is C13H24ClN3O3. The highest BCUT2D eigenvalue weighted by Crippen LogP contribution is 2.31. The number of ether oxygens (including phenoxy) is 1. The van der Waals surface area contributed by atoms with Crippen molar-refractivity contribution in [1.82, 2.24) is 10.2 Å². The van der Waals surface area contributed by atoms with Gasteiger partial charge in [-0.05, 0) is 18.8 Å². The normalized spacial score (nSPS) is 19.9. The average molecular weight is 306 g/mol. The number of halogens is 1. The van der Waals surface area contributed by atoms with Gasteiger partial charge in [0.2, 0.25) is 11.8 Å². The van der Waals surface area contributed by atoms with Crippen LogP contribution in [-0.2, 0) is 14.3 Å². The first-order chi connectivity index (χ1) is 9.16. The van der Waals surface area contributed by atoms with Crippen LogP contribution >= 0.6 is 12.4 Å². The SMILES string of the molecule is Cl.NC(CNC(=O)CCC(=O)N1CCOCC1)C1CC1. The summed E-state index contributed by atoms with van der Waals surface area (Å²) in [6, 6.07) is 0.0684. The second kappa shape index (κ2) is 8.44. The first-order valence-corrected chi connectivity index (χ1v) is 7.04. The van der Waals surface area contributed by atoms with Crippen LogP contribution in [0.2, 0.25) is 0 Å². The van der Waals surface area contributed by atoms with Gasteiger partial charge in [0.15, 0.2) is 0 Å². The van der Waals surface area contributed by atoms with Gasteiger partial charge in [0.25, 0.3) is 0 Å². The number of morpholine rings is 1. The smallest absolute Gasteiger partial charge is 0.223 e. The minimum atomic E-state index is -0.0855. The molecule has 0 radical (unpaired) electrons. The highest BCUT2D eigenvalue weighted by molar-refractivity contribution is 5.85. The Bertz CT molecular complexity index is 331. The summed E-state index contributed by atoms with van der Waals surface area (Å²) in [7, 11) is 0. The number of carbonyl (C=O) groups excluding carboxylic acids is 2. The Morgan fingerprint density at radius 3 is 2.50 bits per heavy atom. The lowest BCUT2D eigenvalue weighted by Gasteiger charge is -2.26. The number of hydrogen-bond acceptors (Lipinski definition) is 4. The van der Waals surface area contributed by atoms with Crippen LogP contribution in [-0.4, -0.2) is 55.6 Å². The number of nitrogens with zero attached hydrogens (tertiary/aromatic N) is 1. The zero-order valence-electron chi connectivity index (χ0n) is 11.7. The summed E-state index contributed by atoms with van der Waals surface area (Å²) >= 11 is 0. The van der Waals surface area contributed by atoms with Crippen molar-refractivity contribution in [2.75, 3.05) is 32.8 Å². The summed E-state index contributed by atoms with van der Waals surface area (Å²) in [6.45, 7) is 2.97. The van der Waals surface area contributed by atoms with Gasteiger partial charge in [0.1, 0.15) is 0 Å². The van der Waals surface area contributed by atoms with Gasteiger partial charge < -0.3 is 20.7 Å². The first kappa shape index (κ1) is 17.2. The molecule has 1 saturated heterocycles. The summed E-state index contributed by atoms with van der Waals surface area (Å²) in [6.07, 6.45) is 2.86. The molecule has 3 N–H and O–H groups in total. The molecule has 0 aromatic rings. The Balaban J connectivity index is 0.00000200. The first-order valence-electron chi connectivity index (χ1n) is 7.04. The molecule has 0 aromatic heterocycles. The van der Waals surface area contributed by atoms with Gasteiger partial charge in [0.05, 0.1) is 13.2 Å². The third-order valence-corrected chi connectivity index (χ3v) is 3.69. The number of nitrogens with one attached hydrogen (secondary N) is 1. The van der Waals surface area contributed by atoms with Crippen LogP contribution < -0.4 is 11.1 Å². The predicted octanol–water partition coefficient (Wildman–Crippen LogP) is -0.0993. The van der Waals surface area contributed by atoms with Crippen LogP contribution in [0.1, 0.15) is 25.7 Å². The third-order valence-electron chi connectivity index (χ3n) is 3.69. The summed E-state index contributed by atoms with van der Waals surface area (Å²) in [5, 5.41) is 2.80. The highest BCUT2D eigenvalue weighted by atomic mass is 35.5. The summed E-state index contributed by atoms with van der Waals surface area (Å²) < 4.78 is 5.18. The average Bonchev–Trinajstić information content (AvgIpc) is 3.27. The van der Waals surface area contributed by atoms with E-state index in [2.05, 4.69) is 5.32 Å². The quantitative estimate of drug-likeness (QED) is 0.718. The van der Waals surface area contributed by atoms with Crippen molar-refractivity contribution in [3.8, 4) is 0 Å². The second-order valence-corrected chi connectivity index (χ2v) is 5.30. The van der Waals surface area contributed by atoms with Crippen molar-refractivity contribution in [3.63, 3.8) is 0 Å². The lowest BCUT2D eigenvalue weighted by molar-refractivity contribution is -0.137. The molecule has 2 rings (SSSR count). The fourth-order valence-electron chi connectivity index (χ4n) is 2.20. The van der Waals surface area contributed by atoms with Crippen LogP contribution in [0.5, 0.6) is 0 Å². The Hall–Kier alpha value is -0.850. The number of hydrogen-bond donors (Lipinski definition) is 2. The van der Waals surface area contributed by atoms with E-state index >= 15 is 0 Å². The van der Waals surface area contributed by atoms with Gasteiger partial charge in [-0.3, -0.25) is 9.59 Å². The number of carbonyl (C=O) groups is 2. The molecule has 0 spiro atoms. The molecule has 0 bridgehead atoms. The Morgan fingerprint density at radius 1 is 1.25 bits per heavy atom. The maximum atomic E-state index is 11.8. The summed E-state index contributed by atoms with van der Waals surface area (Å²) in [4.78, 5) is 25.2. The van der Waals surface area contributed by atoms with Gasteiger partial charge >= 0.3 is 0 Å². The predicted molar refractivity (Wildman–Crippen MR) is 77.6 cm³/mol. The van der Waals surface area contributed by atoms with E-state index in [1.807, 2.05) is 0 Å². The van der Waals surface area contributed by atoms with Crippen LogP contribution in [0.15, 0.2) is 0 Å². The molecule has 1 aliphatic carbocycles. The lowest BCUT2D eigenvalue weighted by atomic mass is 10.2. The van der Waals surface area contributed by atoms with Crippen molar-refractivity contribution in [2.24, 2.45) is 11.7 Å². The third kappa shape index (κ3) is 5.64. The van der Waals surface area contributed by atoms with Crippen LogP contribution in [0, 0.1) is 5.92 Å². The fraction of sp³-hybridized carbons (Fsp3) is 0.846. The maximum absolute atomic E-state index is 11.8. The Morgan fingerprint density at radius 2 is 1.90 bits per heavy atom. The van der Waals surface area contributed by atoms with E-state index < -0.39 is 0 Å². The number of amides is 2. The Labute approximate surface area is 125 Å². The fourth-order valence-corrected chi connectivity index (χ4v) is 2.20. The van der Waals surface area contributed by atoms with E-state index in [9.17, 15) is 9.59 Å². The zero-order chi connectivity index (χ0) is 13.7. The molecule has 116 valence electrons. The number of nitrogens with two attached hydrogens (primary N) is 1.